The Labute approximate surface area is 762 Å². The van der Waals surface area contributed by atoms with Crippen LogP contribution in [-0.2, 0) is 132 Å². The number of aromatic nitrogens is 19. The van der Waals surface area contributed by atoms with Gasteiger partial charge in [0.1, 0.15) is 84.5 Å². The smallest absolute Gasteiger partial charge is 0.398 e. The van der Waals surface area contributed by atoms with E-state index in [1.165, 1.54) is 55.1 Å². The van der Waals surface area contributed by atoms with Crippen molar-refractivity contribution in [3.63, 3.8) is 0 Å². The van der Waals surface area contributed by atoms with Gasteiger partial charge in [0, 0.05) is 67.2 Å². The Hall–Kier alpha value is -8.43. The van der Waals surface area contributed by atoms with E-state index in [9.17, 15) is 61.3 Å². The van der Waals surface area contributed by atoms with Crippen LogP contribution in [0.2, 0.25) is 0 Å². The van der Waals surface area contributed by atoms with E-state index in [1.807, 2.05) is 0 Å². The van der Waals surface area contributed by atoms with Gasteiger partial charge in [-0.15, -0.1) is 0 Å². The second-order valence-electron chi connectivity index (χ2n) is 30.9. The van der Waals surface area contributed by atoms with Gasteiger partial charge in [-0.05, 0) is 53.6 Å². The third-order valence-electron chi connectivity index (χ3n) is 22.3. The highest BCUT2D eigenvalue weighted by Crippen LogP contribution is 2.61. The number of halogens is 5. The summed E-state index contributed by atoms with van der Waals surface area (Å²) in [7, 11) is -10.2. The number of hydrogen-bond donors (Lipinski definition) is 15. The molecule has 21 heterocycles. The third-order valence-corrected chi connectivity index (χ3v) is 30.7. The first-order valence-electron chi connectivity index (χ1n) is 39.3. The van der Waals surface area contributed by atoms with Crippen LogP contribution in [0.1, 0.15) is 62.1 Å². The number of fused-ring (bicyclic) bond motifs is 15. The number of anilines is 6. The minimum absolute atomic E-state index is 0.0533. The minimum atomic E-state index is -5.09. The number of phosphoric ester groups is 2. The molecule has 6 unspecified atom stereocenters. The molecule has 54 nitrogen and oxygen atoms in total. The second-order valence-corrected chi connectivity index (χ2v) is 44.9. The lowest BCUT2D eigenvalue weighted by Crippen LogP contribution is -2.32. The van der Waals surface area contributed by atoms with E-state index in [1.54, 1.807) is 6.07 Å². The molecule has 9 aliphatic rings. The highest BCUT2D eigenvalue weighted by molar-refractivity contribution is 8.44. The SMILES string of the molecule is Nc1nc2c(ncn2[C@@H]2O[C@@H]3COP(O)(=S)O[C@H]4C[C@H](c5cnn6c(N)ccnc56)O[C@@H]4COP(=O)(S)O[C@@H]2[C@@H]3F)c(=O)[nH]1.Nc1nc2c(ncn2[C@@H]2O[C@@H]3COP(O)(=S)O[C@H]4C[C@H](n5cc(F)c6c(N)ccnc65)O[C@@H]4COP(=O)(O)O[C@@H]2[C@@H]3F)c(=O)[nH]1.Nc1nc2c(ncn2[C@@H]2O[C@@H]3COP(O)(=S)O[C@H]4C[C@H](n5cc(F)c6c(N)ccnc65)O[C@@H]4COP(=O)(O)O[C@@H]2[C@@H]3F)c(=O)[nH]1. The van der Waals surface area contributed by atoms with Crippen molar-refractivity contribution in [2.45, 2.75) is 148 Å². The zero-order valence-electron chi connectivity index (χ0n) is 67.3. The average Bonchev–Trinajstić information content (AvgIpc) is 1.62. The molecule has 720 valence electrons. The van der Waals surface area contributed by atoms with Gasteiger partial charge in [-0.25, -0.2) is 65.6 Å². The van der Waals surface area contributed by atoms with E-state index < -0.39 is 240 Å². The second kappa shape index (κ2) is 36.1. The number of thiol groups is 1. The van der Waals surface area contributed by atoms with Gasteiger partial charge >= 0.3 is 42.6 Å². The molecule has 12 aromatic heterocycles. The molecule has 0 aromatic carbocycles. The van der Waals surface area contributed by atoms with Crippen LogP contribution in [0.25, 0.3) is 61.2 Å². The van der Waals surface area contributed by atoms with Gasteiger partial charge < -0.3 is 124 Å². The largest absolute Gasteiger partial charge is 0.472 e. The maximum Gasteiger partial charge on any atom is 0.472 e. The third kappa shape index (κ3) is 18.6. The Morgan fingerprint density at radius 3 is 1.19 bits per heavy atom. The molecule has 9 fully saturated rings. The molecule has 0 aliphatic carbocycles. The molecule has 0 amide bonds. The number of rotatable bonds is 6. The number of aromatic amines is 3. The lowest BCUT2D eigenvalue weighted by Gasteiger charge is -2.26. The van der Waals surface area contributed by atoms with E-state index in [0.29, 0.717) is 17.0 Å². The number of nitrogens with one attached hydrogen (secondary N) is 3. The fraction of sp³-hybridized carbons (Fsp3) is 0.462. The Bertz CT molecular complexity index is 6860. The van der Waals surface area contributed by atoms with Crippen molar-refractivity contribution >= 4 is 187 Å². The standard InChI is InChI=1S/2C22H24F2N8O10P2S.C21H24FN9O9P2S2/c2*23-8-4-31(18-14(8)9(25)1-2-27-18)13-3-10-11(39-13)5-37-43(34,35)42-17-15(24)12(6-38-44(36,45)41-10)40-21(17)32-7-28-16-19(32)29-22(26)30-20(16)33;22-14-12-6-36-41(33,43)39-10-3-9(8-4-27-31-13(23)1-2-25-17(8)31)37-11(10)5-35-42(34,44)40-16(14)20(38-12)30-7-26-15-18(30)28-21(24)29-19(15)32/h2*1-2,4,7,10-13,15,17,21H,3,5-6H2,(H2,25,27)(H,34,35)(H,36,45)(H3,26,29,30,33);1-2,4,7,9-12,14,16,20H,3,5-6,23H2,(H,33,43)(H,34,44)(H3,24,28,29,32)/t2*10-,11+,12+,13+,15+,17+,21+,44?;9-,10+,11-,12-,14-,16-,20-,41?,42?/m001/s1. The van der Waals surface area contributed by atoms with Gasteiger partial charge in [0.15, 0.2) is 88.0 Å². The summed E-state index contributed by atoms with van der Waals surface area (Å²) < 4.78 is 225. The first kappa shape index (κ1) is 94.5. The number of nitrogen functional groups attached to an aromatic ring is 6. The van der Waals surface area contributed by atoms with Gasteiger partial charge in [0.05, 0.1) is 100 Å². The summed E-state index contributed by atoms with van der Waals surface area (Å²) in [6, 6.07) is 4.44. The molecule has 9 saturated heterocycles. The Balaban J connectivity index is 0.000000129. The normalized spacial score (nSPS) is 36.2. The van der Waals surface area contributed by atoms with Gasteiger partial charge in [0.25, 0.3) is 16.7 Å². The van der Waals surface area contributed by atoms with Crippen LogP contribution < -0.4 is 51.1 Å². The Morgan fingerprint density at radius 2 is 0.784 bits per heavy atom. The lowest BCUT2D eigenvalue weighted by atomic mass is 10.1. The van der Waals surface area contributed by atoms with Gasteiger partial charge in [-0.3, -0.25) is 70.2 Å². The van der Waals surface area contributed by atoms with Crippen molar-refractivity contribution < 1.29 is 143 Å². The van der Waals surface area contributed by atoms with E-state index in [4.69, 9.17) is 153 Å². The molecule has 134 heavy (non-hydrogen) atoms. The molecule has 0 radical (unpaired) electrons. The minimum Gasteiger partial charge on any atom is -0.398 e. The van der Waals surface area contributed by atoms with E-state index in [-0.39, 0.29) is 104 Å². The first-order chi connectivity index (χ1) is 63.5. The summed E-state index contributed by atoms with van der Waals surface area (Å²) >= 11 is 19.7. The van der Waals surface area contributed by atoms with Crippen molar-refractivity contribution in [2.24, 2.45) is 0 Å². The predicted octanol–water partition coefficient (Wildman–Crippen LogP) is 3.43. The molecule has 27 atom stereocenters. The number of H-pyrrole nitrogens is 3. The zero-order chi connectivity index (χ0) is 94.6. The number of nitrogens with zero attached hydrogens (tertiary/aromatic N) is 16. The van der Waals surface area contributed by atoms with Crippen LogP contribution in [0, 0.1) is 11.6 Å². The number of nitrogens with two attached hydrogens (primary N) is 6. The van der Waals surface area contributed by atoms with Gasteiger partial charge in [-0.1, -0.05) is 12.2 Å². The highest BCUT2D eigenvalue weighted by atomic mass is 32.7. The number of alkyl halides is 3. The lowest BCUT2D eigenvalue weighted by molar-refractivity contribution is -0.0639. The molecular weight excluding hydrogens is 2000 g/mol. The summed E-state index contributed by atoms with van der Waals surface area (Å²) in [5, 5.41) is 4.36. The molecule has 12 aromatic rings. The topological polar surface area (TPSA) is 731 Å². The van der Waals surface area contributed by atoms with Crippen molar-refractivity contribution in [3.8, 4) is 0 Å². The van der Waals surface area contributed by atoms with Crippen LogP contribution in [0.3, 0.4) is 0 Å². The number of hydrogen-bond acceptors (Lipinski definition) is 43. The number of imidazole rings is 3. The average molecular weight is 2080 g/mol. The number of pyridine rings is 2. The van der Waals surface area contributed by atoms with Crippen molar-refractivity contribution in [2.75, 3.05) is 74.0 Å². The number of ether oxygens (including phenoxy) is 6. The van der Waals surface area contributed by atoms with E-state index in [0.717, 1.165) is 40.5 Å². The van der Waals surface area contributed by atoms with Gasteiger partial charge in [0.2, 0.25) is 17.8 Å². The predicted molar refractivity (Wildman–Crippen MR) is 460 cm³/mol. The molecule has 69 heteroatoms. The van der Waals surface area contributed by atoms with Crippen molar-refractivity contribution in [1.82, 2.24) is 92.3 Å². The maximum absolute atomic E-state index is 15.8. The quantitative estimate of drug-likeness (QED) is 0.0644. The molecule has 9 aliphatic heterocycles. The summed E-state index contributed by atoms with van der Waals surface area (Å²) in [5.74, 6) is -1.77. The van der Waals surface area contributed by atoms with Crippen molar-refractivity contribution in [3.05, 3.63) is 123 Å². The maximum atomic E-state index is 15.8. The summed E-state index contributed by atoms with van der Waals surface area (Å²) in [5.41, 5.74) is 33.6. The van der Waals surface area contributed by atoms with Crippen LogP contribution in [0.5, 0.6) is 0 Å². The summed E-state index contributed by atoms with van der Waals surface area (Å²) in [4.78, 5) is 134. The fourth-order valence-corrected chi connectivity index (χ4v) is 24.1. The van der Waals surface area contributed by atoms with Crippen LogP contribution >= 0.6 is 54.8 Å². The molecule has 0 saturated carbocycles. The van der Waals surface area contributed by atoms with E-state index >= 15 is 13.2 Å². The van der Waals surface area contributed by atoms with Gasteiger partial charge in [-0.2, -0.15) is 24.6 Å². The summed E-state index contributed by atoms with van der Waals surface area (Å²) in [6.07, 6.45) is -18.2. The van der Waals surface area contributed by atoms with Crippen LogP contribution in [-0.4, -0.2) is 248 Å². The molecule has 6 bridgehead atoms. The van der Waals surface area contributed by atoms with E-state index in [2.05, 4.69) is 77.2 Å². The fourth-order valence-electron chi connectivity index (χ4n) is 16.4. The monoisotopic (exact) mass is 2080 g/mol. The van der Waals surface area contributed by atoms with Crippen molar-refractivity contribution in [1.29, 1.82) is 0 Å². The number of phosphoric acid groups is 2. The van der Waals surface area contributed by atoms with Crippen LogP contribution in [0.15, 0.2) is 88.7 Å². The Kier molecular flexibility index (Phi) is 25.5. The molecular formula is C65H72F5N25O29P6S4. The first-order valence-corrected chi connectivity index (χ1v) is 52.8. The highest BCUT2D eigenvalue weighted by Gasteiger charge is 2.57. The Morgan fingerprint density at radius 1 is 0.425 bits per heavy atom. The molecule has 21 rings (SSSR count). The zero-order valence-corrected chi connectivity index (χ0v) is 76.0. The molecule has 0 spiro atoms. The van der Waals surface area contributed by atoms with Crippen LogP contribution in [0.4, 0.5) is 57.0 Å². The summed E-state index contributed by atoms with van der Waals surface area (Å²) in [6.45, 7) is -20.4. The molecule has 20 N–H and O–H groups in total.